The molecule has 162 valence electrons. The summed E-state index contributed by atoms with van der Waals surface area (Å²) in [6.07, 6.45) is 7.69. The zero-order chi connectivity index (χ0) is 22.7. The molecule has 0 aliphatic rings. The SMILES string of the molecule is Cn1cncc1-c1nc(-c2ccc(OC(F)(F)Cl)cc2)ncc1NC(=O)c1cccnc1. The van der Waals surface area contributed by atoms with Gasteiger partial charge in [0.05, 0.1) is 35.7 Å². The van der Waals surface area contributed by atoms with Crippen molar-refractivity contribution in [3.8, 4) is 28.5 Å². The molecule has 4 aromatic rings. The van der Waals surface area contributed by atoms with Gasteiger partial charge in [0.2, 0.25) is 0 Å². The van der Waals surface area contributed by atoms with E-state index in [4.69, 9.17) is 11.6 Å². The number of aryl methyl sites for hydroxylation is 1. The van der Waals surface area contributed by atoms with Crippen molar-refractivity contribution in [1.29, 1.82) is 0 Å². The summed E-state index contributed by atoms with van der Waals surface area (Å²) in [7, 11) is 1.79. The number of pyridine rings is 1. The fraction of sp³-hybridized carbons (Fsp3) is 0.0952. The third-order valence-corrected chi connectivity index (χ3v) is 4.44. The number of anilines is 1. The van der Waals surface area contributed by atoms with Crippen molar-refractivity contribution in [3.63, 3.8) is 0 Å². The number of nitrogens with one attached hydrogen (secondary N) is 1. The van der Waals surface area contributed by atoms with Crippen LogP contribution in [-0.4, -0.2) is 36.0 Å². The van der Waals surface area contributed by atoms with Crippen LogP contribution in [0.5, 0.6) is 5.75 Å². The molecule has 0 spiro atoms. The number of ether oxygens (including phenoxy) is 1. The predicted molar refractivity (Wildman–Crippen MR) is 113 cm³/mol. The topological polar surface area (TPSA) is 94.8 Å². The molecule has 3 aromatic heterocycles. The van der Waals surface area contributed by atoms with E-state index in [2.05, 4.69) is 30.0 Å². The summed E-state index contributed by atoms with van der Waals surface area (Å²) >= 11 is 4.79. The van der Waals surface area contributed by atoms with Gasteiger partial charge in [0.25, 0.3) is 5.91 Å². The number of nitrogens with zero attached hydrogens (tertiary/aromatic N) is 5. The molecule has 0 unspecified atom stereocenters. The molecule has 32 heavy (non-hydrogen) atoms. The molecule has 1 N–H and O–H groups in total. The predicted octanol–water partition coefficient (Wildman–Crippen LogP) is 4.36. The zero-order valence-corrected chi connectivity index (χ0v) is 17.3. The average Bonchev–Trinajstić information content (AvgIpc) is 3.20. The van der Waals surface area contributed by atoms with Gasteiger partial charge in [-0.1, -0.05) is 0 Å². The van der Waals surface area contributed by atoms with Gasteiger partial charge in [-0.15, -0.1) is 8.78 Å². The Morgan fingerprint density at radius 3 is 2.53 bits per heavy atom. The second-order valence-electron chi connectivity index (χ2n) is 6.61. The Morgan fingerprint density at radius 1 is 1.12 bits per heavy atom. The normalized spacial score (nSPS) is 11.2. The van der Waals surface area contributed by atoms with Crippen LogP contribution in [0.25, 0.3) is 22.8 Å². The van der Waals surface area contributed by atoms with Crippen LogP contribution in [-0.2, 0) is 7.05 Å². The highest BCUT2D eigenvalue weighted by atomic mass is 35.5. The van der Waals surface area contributed by atoms with Crippen molar-refractivity contribution in [2.24, 2.45) is 7.05 Å². The Hall–Kier alpha value is -3.92. The van der Waals surface area contributed by atoms with Crippen molar-refractivity contribution in [2.75, 3.05) is 5.32 Å². The molecular weight excluding hydrogens is 442 g/mol. The Balaban J connectivity index is 1.69. The van der Waals surface area contributed by atoms with E-state index in [1.165, 1.54) is 36.7 Å². The van der Waals surface area contributed by atoms with Gasteiger partial charge < -0.3 is 14.6 Å². The minimum Gasteiger partial charge on any atom is -0.420 e. The lowest BCUT2D eigenvalue weighted by atomic mass is 10.2. The molecule has 0 aliphatic heterocycles. The monoisotopic (exact) mass is 456 g/mol. The van der Waals surface area contributed by atoms with E-state index < -0.39 is 5.57 Å². The van der Waals surface area contributed by atoms with Crippen molar-refractivity contribution < 1.29 is 18.3 Å². The average molecular weight is 457 g/mol. The number of carbonyl (C=O) groups excluding carboxylic acids is 1. The van der Waals surface area contributed by atoms with Gasteiger partial charge in [0, 0.05) is 36.6 Å². The highest BCUT2D eigenvalue weighted by molar-refractivity contribution is 6.20. The number of rotatable bonds is 6. The lowest BCUT2D eigenvalue weighted by Crippen LogP contribution is -2.15. The van der Waals surface area contributed by atoms with Crippen LogP contribution in [0.4, 0.5) is 14.5 Å². The van der Waals surface area contributed by atoms with Gasteiger partial charge in [-0.3, -0.25) is 9.78 Å². The maximum absolute atomic E-state index is 12.8. The largest absolute Gasteiger partial charge is 0.487 e. The molecule has 8 nitrogen and oxygen atoms in total. The van der Waals surface area contributed by atoms with Gasteiger partial charge in [-0.2, -0.15) is 0 Å². The standard InChI is InChI=1S/C21H15ClF2N6O2/c1-30-12-26-11-17(30)18-16(28-20(31)14-3-2-8-25-9-14)10-27-19(29-18)13-4-6-15(7-5-13)32-21(22,23)24/h2-12H,1H3,(H,28,31). The van der Waals surface area contributed by atoms with Crippen LogP contribution < -0.4 is 10.1 Å². The Labute approximate surface area is 185 Å². The Kier molecular flexibility index (Phi) is 5.78. The number of imidazole rings is 1. The van der Waals surface area contributed by atoms with Crippen molar-refractivity contribution in [2.45, 2.75) is 5.57 Å². The zero-order valence-electron chi connectivity index (χ0n) is 16.5. The maximum atomic E-state index is 12.8. The third kappa shape index (κ3) is 4.86. The molecule has 0 radical (unpaired) electrons. The number of hydrogen-bond donors (Lipinski definition) is 1. The molecule has 3 heterocycles. The molecule has 0 atom stereocenters. The van der Waals surface area contributed by atoms with Crippen LogP contribution in [0.3, 0.4) is 0 Å². The Morgan fingerprint density at radius 2 is 1.91 bits per heavy atom. The quantitative estimate of drug-likeness (QED) is 0.433. The van der Waals surface area contributed by atoms with E-state index in [1.54, 1.807) is 42.5 Å². The van der Waals surface area contributed by atoms with E-state index in [0.717, 1.165) is 0 Å². The minimum absolute atomic E-state index is 0.110. The number of halogens is 3. The molecule has 1 aromatic carbocycles. The van der Waals surface area contributed by atoms with E-state index in [1.807, 2.05) is 0 Å². The Bertz CT molecular complexity index is 1240. The lowest BCUT2D eigenvalue weighted by Gasteiger charge is -2.13. The molecule has 0 fully saturated rings. The third-order valence-electron chi connectivity index (χ3n) is 4.37. The van der Waals surface area contributed by atoms with Crippen LogP contribution >= 0.6 is 11.6 Å². The summed E-state index contributed by atoms with van der Waals surface area (Å²) in [5.41, 5.74) is -1.45. The highest BCUT2D eigenvalue weighted by Gasteiger charge is 2.27. The fourth-order valence-electron chi connectivity index (χ4n) is 2.89. The van der Waals surface area contributed by atoms with E-state index in [9.17, 15) is 13.6 Å². The molecule has 11 heteroatoms. The van der Waals surface area contributed by atoms with Crippen LogP contribution in [0.2, 0.25) is 0 Å². The summed E-state index contributed by atoms with van der Waals surface area (Å²) in [4.78, 5) is 29.6. The van der Waals surface area contributed by atoms with Crippen molar-refractivity contribution >= 4 is 23.2 Å². The number of aromatic nitrogens is 5. The molecular formula is C21H15ClF2N6O2. The van der Waals surface area contributed by atoms with Gasteiger partial charge in [-0.05, 0) is 36.4 Å². The molecule has 0 aliphatic carbocycles. The van der Waals surface area contributed by atoms with Crippen molar-refractivity contribution in [3.05, 3.63) is 73.1 Å². The first-order valence-electron chi connectivity index (χ1n) is 9.21. The first-order valence-corrected chi connectivity index (χ1v) is 9.59. The number of alkyl halides is 3. The maximum Gasteiger partial charge on any atom is 0.487 e. The summed E-state index contributed by atoms with van der Waals surface area (Å²) < 4.78 is 31.7. The van der Waals surface area contributed by atoms with E-state index in [-0.39, 0.29) is 11.7 Å². The molecule has 0 saturated heterocycles. The van der Waals surface area contributed by atoms with Gasteiger partial charge in [-0.25, -0.2) is 15.0 Å². The molecule has 0 saturated carbocycles. The van der Waals surface area contributed by atoms with E-state index >= 15 is 0 Å². The number of hydrogen-bond acceptors (Lipinski definition) is 6. The summed E-state index contributed by atoms with van der Waals surface area (Å²) in [5.74, 6) is -0.174. The second-order valence-corrected chi connectivity index (χ2v) is 7.05. The van der Waals surface area contributed by atoms with Crippen molar-refractivity contribution in [1.82, 2.24) is 24.5 Å². The second kappa shape index (κ2) is 8.67. The van der Waals surface area contributed by atoms with Gasteiger partial charge in [0.1, 0.15) is 11.4 Å². The molecule has 0 bridgehead atoms. The minimum atomic E-state index is -3.81. The summed E-state index contributed by atoms with van der Waals surface area (Å²) in [6, 6.07) is 9.00. The first-order chi connectivity index (χ1) is 15.3. The summed E-state index contributed by atoms with van der Waals surface area (Å²) in [6.45, 7) is 0. The van der Waals surface area contributed by atoms with E-state index in [0.29, 0.717) is 34.0 Å². The molecule has 4 rings (SSSR count). The highest BCUT2D eigenvalue weighted by Crippen LogP contribution is 2.30. The number of carbonyl (C=O) groups is 1. The number of benzene rings is 1. The van der Waals surface area contributed by atoms with Gasteiger partial charge >= 0.3 is 5.57 Å². The summed E-state index contributed by atoms with van der Waals surface area (Å²) in [5, 5.41) is 2.79. The molecule has 1 amide bonds. The fourth-order valence-corrected chi connectivity index (χ4v) is 2.98. The van der Waals surface area contributed by atoms with Crippen LogP contribution in [0.15, 0.2) is 67.5 Å². The number of amides is 1. The first kappa shape index (κ1) is 21.3. The lowest BCUT2D eigenvalue weighted by molar-refractivity contribution is -0.0964. The smallest absolute Gasteiger partial charge is 0.420 e. The van der Waals surface area contributed by atoms with Crippen LogP contribution in [0, 0.1) is 0 Å². The van der Waals surface area contributed by atoms with Crippen LogP contribution in [0.1, 0.15) is 10.4 Å². The van der Waals surface area contributed by atoms with Gasteiger partial charge in [0.15, 0.2) is 5.82 Å².